The van der Waals surface area contributed by atoms with Gasteiger partial charge in [0.15, 0.2) is 0 Å². The van der Waals surface area contributed by atoms with Crippen LogP contribution in [0.1, 0.15) is 46.0 Å². The lowest BCUT2D eigenvalue weighted by atomic mass is 9.88. The largest absolute Gasteiger partial charge is 0.303 e. The zero-order valence-corrected chi connectivity index (χ0v) is 9.71. The van der Waals surface area contributed by atoms with E-state index >= 15 is 0 Å². The van der Waals surface area contributed by atoms with Crippen LogP contribution in [0.4, 0.5) is 0 Å². The Balaban J connectivity index is 2.11. The first-order valence-electron chi connectivity index (χ1n) is 5.67. The van der Waals surface area contributed by atoms with Crippen LogP contribution in [0.3, 0.4) is 0 Å². The molecule has 1 saturated carbocycles. The van der Waals surface area contributed by atoms with Crippen molar-refractivity contribution in [2.75, 3.05) is 13.6 Å². The molecule has 0 spiro atoms. The molecule has 0 unspecified atom stereocenters. The molecule has 1 rings (SSSR count). The van der Waals surface area contributed by atoms with E-state index in [1.807, 2.05) is 13.8 Å². The lowest BCUT2D eigenvalue weighted by Crippen LogP contribution is -2.37. The first-order valence-corrected chi connectivity index (χ1v) is 5.67. The third kappa shape index (κ3) is 3.31. The minimum atomic E-state index is -0.138. The van der Waals surface area contributed by atoms with E-state index in [1.165, 1.54) is 19.3 Å². The Bertz CT molecular complexity index is 211. The molecule has 80 valence electrons. The molecule has 0 saturated heterocycles. The van der Waals surface area contributed by atoms with Gasteiger partial charge in [0.25, 0.3) is 0 Å². The van der Waals surface area contributed by atoms with Crippen LogP contribution in [-0.4, -0.2) is 24.5 Å². The van der Waals surface area contributed by atoms with E-state index in [-0.39, 0.29) is 5.41 Å². The van der Waals surface area contributed by atoms with Crippen molar-refractivity contribution in [1.82, 2.24) is 4.90 Å². The van der Waals surface area contributed by atoms with Gasteiger partial charge >= 0.3 is 0 Å². The Hall–Kier alpha value is -0.550. The normalized spacial score (nSPS) is 17.9. The third-order valence-electron chi connectivity index (χ3n) is 3.31. The van der Waals surface area contributed by atoms with Gasteiger partial charge in [-0.05, 0) is 53.1 Å². The summed E-state index contributed by atoms with van der Waals surface area (Å²) in [5, 5.41) is 8.86. The second-order valence-corrected chi connectivity index (χ2v) is 5.16. The van der Waals surface area contributed by atoms with Crippen LogP contribution in [0, 0.1) is 16.7 Å². The fraction of sp³-hybridized carbons (Fsp3) is 0.917. The maximum absolute atomic E-state index is 8.86. The van der Waals surface area contributed by atoms with E-state index in [0.29, 0.717) is 0 Å². The van der Waals surface area contributed by atoms with E-state index < -0.39 is 0 Å². The molecule has 2 heteroatoms. The standard InChI is InChI=1S/C12H22N2/c1-12(2,10-13)8-5-9-14(3)11-6-4-7-11/h11H,4-9H2,1-3H3. The van der Waals surface area contributed by atoms with Crippen molar-refractivity contribution >= 4 is 0 Å². The molecule has 14 heavy (non-hydrogen) atoms. The van der Waals surface area contributed by atoms with E-state index in [1.54, 1.807) is 0 Å². The zero-order valence-electron chi connectivity index (χ0n) is 9.71. The first-order chi connectivity index (χ1) is 6.55. The third-order valence-corrected chi connectivity index (χ3v) is 3.31. The maximum atomic E-state index is 8.86. The lowest BCUT2D eigenvalue weighted by molar-refractivity contribution is 0.154. The van der Waals surface area contributed by atoms with E-state index in [9.17, 15) is 0 Å². The van der Waals surface area contributed by atoms with Crippen LogP contribution in [0.5, 0.6) is 0 Å². The minimum Gasteiger partial charge on any atom is -0.303 e. The summed E-state index contributed by atoms with van der Waals surface area (Å²) < 4.78 is 0. The van der Waals surface area contributed by atoms with Crippen molar-refractivity contribution in [2.24, 2.45) is 5.41 Å². The van der Waals surface area contributed by atoms with E-state index in [2.05, 4.69) is 18.0 Å². The molecule has 0 heterocycles. The van der Waals surface area contributed by atoms with Crippen LogP contribution in [0.25, 0.3) is 0 Å². The molecular weight excluding hydrogens is 172 g/mol. The highest BCUT2D eigenvalue weighted by atomic mass is 15.1. The summed E-state index contributed by atoms with van der Waals surface area (Å²) in [6, 6.07) is 3.19. The highest BCUT2D eigenvalue weighted by Crippen LogP contribution is 2.25. The van der Waals surface area contributed by atoms with Gasteiger partial charge in [0.05, 0.1) is 11.5 Å². The topological polar surface area (TPSA) is 27.0 Å². The maximum Gasteiger partial charge on any atom is 0.0683 e. The summed E-state index contributed by atoms with van der Waals surface area (Å²) in [5.41, 5.74) is -0.138. The molecule has 0 N–H and O–H groups in total. The van der Waals surface area contributed by atoms with Crippen molar-refractivity contribution in [3.05, 3.63) is 0 Å². The number of nitriles is 1. The molecule has 0 aromatic carbocycles. The number of nitrogens with zero attached hydrogens (tertiary/aromatic N) is 2. The van der Waals surface area contributed by atoms with Crippen LogP contribution >= 0.6 is 0 Å². The summed E-state index contributed by atoms with van der Waals surface area (Å²) in [7, 11) is 2.21. The van der Waals surface area contributed by atoms with Crippen LogP contribution in [0.2, 0.25) is 0 Å². The molecule has 0 aliphatic heterocycles. The number of rotatable bonds is 5. The number of hydrogen-bond donors (Lipinski definition) is 0. The van der Waals surface area contributed by atoms with Crippen LogP contribution < -0.4 is 0 Å². The Kier molecular flexibility index (Phi) is 3.95. The lowest BCUT2D eigenvalue weighted by Gasteiger charge is -2.35. The van der Waals surface area contributed by atoms with Crippen molar-refractivity contribution in [2.45, 2.75) is 52.0 Å². The Morgan fingerprint density at radius 3 is 2.50 bits per heavy atom. The smallest absolute Gasteiger partial charge is 0.0683 e. The van der Waals surface area contributed by atoms with Crippen molar-refractivity contribution in [3.63, 3.8) is 0 Å². The summed E-state index contributed by atoms with van der Waals surface area (Å²) in [4.78, 5) is 2.46. The zero-order chi connectivity index (χ0) is 10.6. The van der Waals surface area contributed by atoms with Crippen LogP contribution in [0.15, 0.2) is 0 Å². The first kappa shape index (κ1) is 11.5. The quantitative estimate of drug-likeness (QED) is 0.673. The average molecular weight is 194 g/mol. The van der Waals surface area contributed by atoms with Crippen molar-refractivity contribution < 1.29 is 0 Å². The van der Waals surface area contributed by atoms with Gasteiger partial charge in [0, 0.05) is 6.04 Å². The summed E-state index contributed by atoms with van der Waals surface area (Å²) >= 11 is 0. The van der Waals surface area contributed by atoms with E-state index in [4.69, 9.17) is 5.26 Å². The molecule has 0 bridgehead atoms. The molecule has 0 aromatic rings. The second-order valence-electron chi connectivity index (χ2n) is 5.16. The summed E-state index contributed by atoms with van der Waals surface area (Å²) in [6.07, 6.45) is 6.31. The highest BCUT2D eigenvalue weighted by molar-refractivity contribution is 4.91. The fourth-order valence-electron chi connectivity index (χ4n) is 1.84. The molecule has 0 aromatic heterocycles. The average Bonchev–Trinajstić information content (AvgIpc) is 2.01. The number of hydrogen-bond acceptors (Lipinski definition) is 2. The van der Waals surface area contributed by atoms with Gasteiger partial charge in [-0.15, -0.1) is 0 Å². The van der Waals surface area contributed by atoms with Crippen molar-refractivity contribution in [3.8, 4) is 6.07 Å². The van der Waals surface area contributed by atoms with Crippen LogP contribution in [-0.2, 0) is 0 Å². The van der Waals surface area contributed by atoms with Gasteiger partial charge in [0.1, 0.15) is 0 Å². The SMILES string of the molecule is CN(CCCC(C)(C)C#N)C1CCC1. The molecule has 1 aliphatic rings. The molecule has 0 atom stereocenters. The predicted molar refractivity (Wildman–Crippen MR) is 58.9 cm³/mol. The second kappa shape index (κ2) is 4.79. The van der Waals surface area contributed by atoms with Gasteiger partial charge in [-0.25, -0.2) is 0 Å². The van der Waals surface area contributed by atoms with Crippen molar-refractivity contribution in [1.29, 1.82) is 5.26 Å². The fourth-order valence-corrected chi connectivity index (χ4v) is 1.84. The Morgan fingerprint density at radius 2 is 2.07 bits per heavy atom. The minimum absolute atomic E-state index is 0.138. The monoisotopic (exact) mass is 194 g/mol. The molecule has 2 nitrogen and oxygen atoms in total. The summed E-state index contributed by atoms with van der Waals surface area (Å²) in [5.74, 6) is 0. The molecule has 0 amide bonds. The van der Waals surface area contributed by atoms with Gasteiger partial charge in [-0.1, -0.05) is 6.42 Å². The molecule has 0 radical (unpaired) electrons. The molecule has 1 aliphatic carbocycles. The van der Waals surface area contributed by atoms with Gasteiger partial charge in [-0.2, -0.15) is 5.26 Å². The highest BCUT2D eigenvalue weighted by Gasteiger charge is 2.22. The molecule has 1 fully saturated rings. The Morgan fingerprint density at radius 1 is 1.43 bits per heavy atom. The Labute approximate surface area is 87.9 Å². The van der Waals surface area contributed by atoms with Gasteiger partial charge in [-0.3, -0.25) is 0 Å². The summed E-state index contributed by atoms with van der Waals surface area (Å²) in [6.45, 7) is 5.20. The van der Waals surface area contributed by atoms with Gasteiger partial charge < -0.3 is 4.90 Å². The van der Waals surface area contributed by atoms with E-state index in [0.717, 1.165) is 25.4 Å². The van der Waals surface area contributed by atoms with Gasteiger partial charge in [0.2, 0.25) is 0 Å². The molecular formula is C12H22N2. The predicted octanol–water partition coefficient (Wildman–Crippen LogP) is 2.80.